The van der Waals surface area contributed by atoms with Gasteiger partial charge in [-0.15, -0.1) is 0 Å². The Labute approximate surface area is 146 Å². The van der Waals surface area contributed by atoms with Crippen molar-refractivity contribution in [2.45, 2.75) is 26.4 Å². The molecule has 3 aromatic rings. The first-order chi connectivity index (χ1) is 11.4. The van der Waals surface area contributed by atoms with Gasteiger partial charge in [-0.1, -0.05) is 6.07 Å². The zero-order valence-electron chi connectivity index (χ0n) is 13.2. The molecule has 0 fully saturated rings. The molecule has 0 aliphatic heterocycles. The Morgan fingerprint density at radius 1 is 1.25 bits per heavy atom. The topological polar surface area (TPSA) is 122 Å². The summed E-state index contributed by atoms with van der Waals surface area (Å²) >= 11 is 3.39. The molecule has 0 saturated carbocycles. The number of hydrogen-bond donors (Lipinski definition) is 4. The number of nitrogen functional groups attached to an aromatic ring is 1. The number of phenolic OH excluding ortho intramolecular Hbond substituents is 2. The molecule has 0 aliphatic rings. The zero-order chi connectivity index (χ0) is 17.4. The number of halogens is 1. The van der Waals surface area contributed by atoms with E-state index >= 15 is 0 Å². The number of aromatic hydroxyl groups is 2. The summed E-state index contributed by atoms with van der Waals surface area (Å²) in [6, 6.07) is 4.43. The Bertz CT molecular complexity index is 911. The van der Waals surface area contributed by atoms with Gasteiger partial charge in [0.2, 0.25) is 5.95 Å². The van der Waals surface area contributed by atoms with E-state index < -0.39 is 0 Å². The van der Waals surface area contributed by atoms with Crippen LogP contribution >= 0.6 is 15.9 Å². The highest BCUT2D eigenvalue weighted by Crippen LogP contribution is 2.29. The number of anilines is 2. The first kappa shape index (κ1) is 16.3. The molecule has 0 saturated heterocycles. The molecule has 126 valence electrons. The summed E-state index contributed by atoms with van der Waals surface area (Å²) in [6.45, 7) is 4.57. The highest BCUT2D eigenvalue weighted by Gasteiger charge is 2.16. The van der Waals surface area contributed by atoms with Gasteiger partial charge in [-0.2, -0.15) is 9.97 Å². The molecule has 8 nitrogen and oxygen atoms in total. The fourth-order valence-electron chi connectivity index (χ4n) is 2.43. The molecule has 0 radical (unpaired) electrons. The van der Waals surface area contributed by atoms with E-state index in [-0.39, 0.29) is 23.4 Å². The molecule has 2 heterocycles. The smallest absolute Gasteiger partial charge is 0.227 e. The van der Waals surface area contributed by atoms with E-state index in [1.807, 2.05) is 18.4 Å². The van der Waals surface area contributed by atoms with Crippen molar-refractivity contribution in [3.8, 4) is 11.5 Å². The highest BCUT2D eigenvalue weighted by molar-refractivity contribution is 9.10. The van der Waals surface area contributed by atoms with Crippen LogP contribution in [0, 0.1) is 0 Å². The van der Waals surface area contributed by atoms with Crippen LogP contribution in [0.5, 0.6) is 11.5 Å². The van der Waals surface area contributed by atoms with Crippen LogP contribution in [0.1, 0.15) is 25.5 Å². The average molecular weight is 393 g/mol. The monoisotopic (exact) mass is 392 g/mol. The summed E-state index contributed by atoms with van der Waals surface area (Å²) in [5.74, 6) is 0.313. The third-order valence-electron chi connectivity index (χ3n) is 3.74. The van der Waals surface area contributed by atoms with Gasteiger partial charge >= 0.3 is 0 Å². The standard InChI is InChI=1S/C15H17BrN6O2/c1-3-22-13-11(19-14(22)16)12(17)20-15(21-13)18-7(2)8-4-5-9(23)10(24)6-8/h4-7,23-24H,3H2,1-2H3,(H3,17,18,20,21). The molecule has 1 aromatic carbocycles. The van der Waals surface area contributed by atoms with E-state index in [4.69, 9.17) is 5.73 Å². The molecule has 9 heteroatoms. The van der Waals surface area contributed by atoms with Crippen LogP contribution in [0.2, 0.25) is 0 Å². The van der Waals surface area contributed by atoms with E-state index in [0.29, 0.717) is 28.4 Å². The van der Waals surface area contributed by atoms with Gasteiger partial charge in [0.05, 0.1) is 6.04 Å². The number of imidazole rings is 1. The number of nitrogens with one attached hydrogen (secondary N) is 1. The molecule has 2 aromatic heterocycles. The van der Waals surface area contributed by atoms with Gasteiger partial charge in [0, 0.05) is 6.54 Å². The lowest BCUT2D eigenvalue weighted by Crippen LogP contribution is -2.11. The molecule has 0 bridgehead atoms. The van der Waals surface area contributed by atoms with Gasteiger partial charge in [-0.3, -0.25) is 0 Å². The maximum absolute atomic E-state index is 9.63. The van der Waals surface area contributed by atoms with Crippen LogP contribution in [0.4, 0.5) is 11.8 Å². The second kappa shape index (κ2) is 6.16. The molecule has 0 spiro atoms. The quantitative estimate of drug-likeness (QED) is 0.397. The third-order valence-corrected chi connectivity index (χ3v) is 4.34. The van der Waals surface area contributed by atoms with Crippen molar-refractivity contribution in [2.24, 2.45) is 0 Å². The SMILES string of the molecule is CCn1c(Br)nc2c(N)nc(NC(C)c3ccc(O)c(O)c3)nc21. The fourth-order valence-corrected chi connectivity index (χ4v) is 3.02. The van der Waals surface area contributed by atoms with Crippen LogP contribution in [-0.4, -0.2) is 29.7 Å². The summed E-state index contributed by atoms with van der Waals surface area (Å²) < 4.78 is 2.53. The Morgan fingerprint density at radius 3 is 2.67 bits per heavy atom. The van der Waals surface area contributed by atoms with E-state index in [2.05, 4.69) is 36.2 Å². The number of fused-ring (bicyclic) bond motifs is 1. The van der Waals surface area contributed by atoms with Gasteiger partial charge in [0.25, 0.3) is 0 Å². The molecule has 0 aliphatic carbocycles. The van der Waals surface area contributed by atoms with Crippen molar-refractivity contribution in [1.82, 2.24) is 19.5 Å². The molecule has 1 atom stereocenters. The normalized spacial score (nSPS) is 12.5. The molecule has 5 N–H and O–H groups in total. The highest BCUT2D eigenvalue weighted by atomic mass is 79.9. The summed E-state index contributed by atoms with van der Waals surface area (Å²) in [4.78, 5) is 13.1. The predicted octanol–water partition coefficient (Wildman–Crippen LogP) is 2.78. The second-order valence-electron chi connectivity index (χ2n) is 5.34. The minimum atomic E-state index is -0.199. The van der Waals surface area contributed by atoms with Crippen LogP contribution in [0.15, 0.2) is 22.9 Å². The van der Waals surface area contributed by atoms with Crippen molar-refractivity contribution in [3.63, 3.8) is 0 Å². The summed E-state index contributed by atoms with van der Waals surface area (Å²) in [5, 5.41) is 22.2. The first-order valence-electron chi connectivity index (χ1n) is 7.38. The summed E-state index contributed by atoms with van der Waals surface area (Å²) in [5.41, 5.74) is 7.95. The van der Waals surface area contributed by atoms with E-state index in [9.17, 15) is 10.2 Å². The Morgan fingerprint density at radius 2 is 2.00 bits per heavy atom. The lowest BCUT2D eigenvalue weighted by atomic mass is 10.1. The van der Waals surface area contributed by atoms with E-state index in [0.717, 1.165) is 5.56 Å². The lowest BCUT2D eigenvalue weighted by molar-refractivity contribution is 0.403. The molecule has 3 rings (SSSR count). The van der Waals surface area contributed by atoms with Gasteiger partial charge in [0.15, 0.2) is 33.2 Å². The number of nitrogens with two attached hydrogens (primary N) is 1. The summed E-state index contributed by atoms with van der Waals surface area (Å²) in [6.07, 6.45) is 0. The molecule has 0 amide bonds. The Kier molecular flexibility index (Phi) is 4.18. The average Bonchev–Trinajstić information content (AvgIpc) is 2.86. The van der Waals surface area contributed by atoms with E-state index in [1.54, 1.807) is 6.07 Å². The van der Waals surface area contributed by atoms with E-state index in [1.165, 1.54) is 12.1 Å². The van der Waals surface area contributed by atoms with Gasteiger partial charge < -0.3 is 25.8 Å². The van der Waals surface area contributed by atoms with Crippen LogP contribution in [0.25, 0.3) is 11.2 Å². The number of rotatable bonds is 4. The van der Waals surface area contributed by atoms with Crippen LogP contribution in [-0.2, 0) is 6.54 Å². The van der Waals surface area contributed by atoms with Gasteiger partial charge in [-0.05, 0) is 47.5 Å². The van der Waals surface area contributed by atoms with Crippen molar-refractivity contribution in [1.29, 1.82) is 0 Å². The van der Waals surface area contributed by atoms with Crippen LogP contribution in [0.3, 0.4) is 0 Å². The lowest BCUT2D eigenvalue weighted by Gasteiger charge is -2.15. The predicted molar refractivity (Wildman–Crippen MR) is 94.9 cm³/mol. The second-order valence-corrected chi connectivity index (χ2v) is 6.05. The maximum Gasteiger partial charge on any atom is 0.227 e. The van der Waals surface area contributed by atoms with Crippen molar-refractivity contribution in [3.05, 3.63) is 28.5 Å². The van der Waals surface area contributed by atoms with Crippen LogP contribution < -0.4 is 11.1 Å². The number of aryl methyl sites for hydroxylation is 1. The Hall–Kier alpha value is -2.55. The number of nitrogens with zero attached hydrogens (tertiary/aromatic N) is 4. The Balaban J connectivity index is 1.95. The molecule has 1 unspecified atom stereocenters. The van der Waals surface area contributed by atoms with Crippen molar-refractivity contribution in [2.75, 3.05) is 11.1 Å². The summed E-state index contributed by atoms with van der Waals surface area (Å²) in [7, 11) is 0. The van der Waals surface area contributed by atoms with Gasteiger partial charge in [-0.25, -0.2) is 4.98 Å². The van der Waals surface area contributed by atoms with Crippen molar-refractivity contribution < 1.29 is 10.2 Å². The van der Waals surface area contributed by atoms with Gasteiger partial charge in [0.1, 0.15) is 0 Å². The molecule has 24 heavy (non-hydrogen) atoms. The van der Waals surface area contributed by atoms with Crippen molar-refractivity contribution >= 4 is 38.9 Å². The molecular formula is C15H17BrN6O2. The zero-order valence-corrected chi connectivity index (χ0v) is 14.7. The maximum atomic E-state index is 9.63. The number of benzene rings is 1. The number of phenols is 2. The molecular weight excluding hydrogens is 376 g/mol. The third kappa shape index (κ3) is 2.82. The fraction of sp³-hybridized carbons (Fsp3) is 0.267. The first-order valence-corrected chi connectivity index (χ1v) is 8.17. The minimum absolute atomic E-state index is 0.162. The number of hydrogen-bond acceptors (Lipinski definition) is 7. The minimum Gasteiger partial charge on any atom is -0.504 e. The number of aromatic nitrogens is 4. The largest absolute Gasteiger partial charge is 0.504 e.